The standard InChI is InChI=1S/C26H35ClN2O3/c1-3-4-7-24(30)18-29-15-13-20(14-16-29)19-32-25-8-5-6-22(17-25)26(28-31-2)21-9-11-23(27)12-10-21/h5-6,8-12,17,20,24,30H,3-4,7,13-16,18-19H2,1-2H3/b28-26+/t24-/m1/s1. The van der Waals surface area contributed by atoms with Crippen LogP contribution in [0.25, 0.3) is 0 Å². The summed E-state index contributed by atoms with van der Waals surface area (Å²) in [5.74, 6) is 1.36. The number of likely N-dealkylation sites (tertiary alicyclic amines) is 1. The fraction of sp³-hybridized carbons (Fsp3) is 0.500. The van der Waals surface area contributed by atoms with E-state index in [1.165, 1.54) is 0 Å². The summed E-state index contributed by atoms with van der Waals surface area (Å²) in [7, 11) is 1.55. The number of oxime groups is 1. The lowest BCUT2D eigenvalue weighted by atomic mass is 9.97. The number of aliphatic hydroxyl groups excluding tert-OH is 1. The Morgan fingerprint density at radius 3 is 2.59 bits per heavy atom. The maximum atomic E-state index is 10.2. The fourth-order valence-corrected chi connectivity index (χ4v) is 4.21. The van der Waals surface area contributed by atoms with Crippen LogP contribution < -0.4 is 4.74 Å². The van der Waals surface area contributed by atoms with Crippen LogP contribution >= 0.6 is 11.6 Å². The molecule has 0 aliphatic carbocycles. The first-order valence-electron chi connectivity index (χ1n) is 11.6. The molecule has 1 heterocycles. The van der Waals surface area contributed by atoms with E-state index in [2.05, 4.69) is 17.0 Å². The second-order valence-electron chi connectivity index (χ2n) is 8.51. The first-order chi connectivity index (χ1) is 15.6. The lowest BCUT2D eigenvalue weighted by Gasteiger charge is -2.33. The van der Waals surface area contributed by atoms with Gasteiger partial charge in [0.2, 0.25) is 0 Å². The maximum Gasteiger partial charge on any atom is 0.119 e. The molecule has 0 radical (unpaired) electrons. The molecule has 0 unspecified atom stereocenters. The Morgan fingerprint density at radius 1 is 1.16 bits per heavy atom. The minimum Gasteiger partial charge on any atom is -0.493 e. The van der Waals surface area contributed by atoms with Gasteiger partial charge in [0.05, 0.1) is 12.7 Å². The molecule has 0 aromatic heterocycles. The lowest BCUT2D eigenvalue weighted by Crippen LogP contribution is -2.40. The Hall–Kier alpha value is -2.08. The molecular formula is C26H35ClN2O3. The third kappa shape index (κ3) is 7.51. The van der Waals surface area contributed by atoms with E-state index in [4.69, 9.17) is 21.2 Å². The van der Waals surface area contributed by atoms with Gasteiger partial charge in [0.1, 0.15) is 18.6 Å². The highest BCUT2D eigenvalue weighted by molar-refractivity contribution is 6.30. The van der Waals surface area contributed by atoms with Gasteiger partial charge in [-0.3, -0.25) is 0 Å². The highest BCUT2D eigenvalue weighted by Crippen LogP contribution is 2.22. The van der Waals surface area contributed by atoms with E-state index in [-0.39, 0.29) is 6.10 Å². The number of ether oxygens (including phenoxy) is 1. The van der Waals surface area contributed by atoms with Crippen molar-refractivity contribution in [3.05, 3.63) is 64.7 Å². The van der Waals surface area contributed by atoms with Crippen LogP contribution in [-0.4, -0.2) is 55.2 Å². The van der Waals surface area contributed by atoms with E-state index in [9.17, 15) is 5.11 Å². The van der Waals surface area contributed by atoms with Crippen LogP contribution in [0, 0.1) is 5.92 Å². The van der Waals surface area contributed by atoms with E-state index in [0.29, 0.717) is 17.5 Å². The van der Waals surface area contributed by atoms with Gasteiger partial charge < -0.3 is 19.6 Å². The molecule has 6 heteroatoms. The molecule has 1 fully saturated rings. The van der Waals surface area contributed by atoms with Crippen molar-refractivity contribution < 1.29 is 14.7 Å². The van der Waals surface area contributed by atoms with Crippen LogP contribution in [0.2, 0.25) is 5.02 Å². The van der Waals surface area contributed by atoms with E-state index >= 15 is 0 Å². The Labute approximate surface area is 197 Å². The number of halogens is 1. The van der Waals surface area contributed by atoms with Gasteiger partial charge in [-0.25, -0.2) is 0 Å². The highest BCUT2D eigenvalue weighted by atomic mass is 35.5. The Morgan fingerprint density at radius 2 is 1.91 bits per heavy atom. The number of aliphatic hydroxyl groups is 1. The third-order valence-corrected chi connectivity index (χ3v) is 6.21. The first kappa shape index (κ1) is 24.6. The van der Waals surface area contributed by atoms with Crippen molar-refractivity contribution in [3.63, 3.8) is 0 Å². The van der Waals surface area contributed by atoms with E-state index in [1.54, 1.807) is 7.11 Å². The maximum absolute atomic E-state index is 10.2. The smallest absolute Gasteiger partial charge is 0.119 e. The SMILES string of the molecule is CCCC[C@@H](O)CN1CCC(COc2cccc(/C(=N/OC)c3ccc(Cl)cc3)c2)CC1. The number of β-amino-alcohol motifs (C(OH)–C–C–N with tert-alkyl or cyclic N) is 1. The van der Waals surface area contributed by atoms with Crippen LogP contribution in [0.1, 0.15) is 50.2 Å². The number of nitrogens with zero attached hydrogens (tertiary/aromatic N) is 2. The Bertz CT molecular complexity index is 848. The molecule has 174 valence electrons. The molecule has 3 rings (SSSR count). The second-order valence-corrected chi connectivity index (χ2v) is 8.94. The number of piperidine rings is 1. The molecule has 1 N–H and O–H groups in total. The summed E-state index contributed by atoms with van der Waals surface area (Å²) in [6.07, 6.45) is 5.13. The zero-order valence-corrected chi connectivity index (χ0v) is 19.9. The molecule has 32 heavy (non-hydrogen) atoms. The summed E-state index contributed by atoms with van der Waals surface area (Å²) in [5.41, 5.74) is 2.61. The topological polar surface area (TPSA) is 54.3 Å². The molecule has 0 saturated carbocycles. The summed E-state index contributed by atoms with van der Waals surface area (Å²) in [6, 6.07) is 15.5. The van der Waals surface area contributed by atoms with Gasteiger partial charge in [0.25, 0.3) is 0 Å². The van der Waals surface area contributed by atoms with Gasteiger partial charge in [-0.15, -0.1) is 0 Å². The normalized spacial score (nSPS) is 16.7. The molecule has 0 bridgehead atoms. The summed E-state index contributed by atoms with van der Waals surface area (Å²) < 4.78 is 6.15. The predicted octanol–water partition coefficient (Wildman–Crippen LogP) is 5.38. The van der Waals surface area contributed by atoms with Gasteiger partial charge in [0, 0.05) is 22.7 Å². The van der Waals surface area contributed by atoms with Crippen molar-refractivity contribution in [1.29, 1.82) is 0 Å². The van der Waals surface area contributed by atoms with Gasteiger partial charge in [-0.05, 0) is 62.5 Å². The Kier molecular flexibility index (Phi) is 9.85. The molecule has 2 aromatic rings. The number of hydrogen-bond acceptors (Lipinski definition) is 5. The Balaban J connectivity index is 1.53. The minimum absolute atomic E-state index is 0.200. The third-order valence-electron chi connectivity index (χ3n) is 5.96. The van der Waals surface area contributed by atoms with Crippen LogP contribution in [0.3, 0.4) is 0 Å². The van der Waals surface area contributed by atoms with Crippen molar-refractivity contribution in [2.45, 2.75) is 45.1 Å². The van der Waals surface area contributed by atoms with Crippen LogP contribution in [-0.2, 0) is 4.84 Å². The van der Waals surface area contributed by atoms with Gasteiger partial charge in [-0.2, -0.15) is 0 Å². The molecule has 5 nitrogen and oxygen atoms in total. The summed E-state index contributed by atoms with van der Waals surface area (Å²) in [5, 5.41) is 15.1. The monoisotopic (exact) mass is 458 g/mol. The molecule has 1 atom stereocenters. The largest absolute Gasteiger partial charge is 0.493 e. The fourth-order valence-electron chi connectivity index (χ4n) is 4.08. The summed E-state index contributed by atoms with van der Waals surface area (Å²) in [4.78, 5) is 7.47. The number of benzene rings is 2. The zero-order chi connectivity index (χ0) is 22.8. The molecule has 2 aromatic carbocycles. The molecular weight excluding hydrogens is 424 g/mol. The van der Waals surface area contributed by atoms with Gasteiger partial charge in [0.15, 0.2) is 0 Å². The highest BCUT2D eigenvalue weighted by Gasteiger charge is 2.21. The van der Waals surface area contributed by atoms with E-state index < -0.39 is 0 Å². The van der Waals surface area contributed by atoms with E-state index in [0.717, 1.165) is 74.3 Å². The molecule has 0 amide bonds. The van der Waals surface area contributed by atoms with Crippen LogP contribution in [0.15, 0.2) is 53.7 Å². The lowest BCUT2D eigenvalue weighted by molar-refractivity contribution is 0.0738. The van der Waals surface area contributed by atoms with E-state index in [1.807, 2.05) is 48.5 Å². The molecule has 1 aliphatic heterocycles. The minimum atomic E-state index is -0.200. The predicted molar refractivity (Wildman–Crippen MR) is 131 cm³/mol. The first-order valence-corrected chi connectivity index (χ1v) is 12.0. The van der Waals surface area contributed by atoms with Crippen molar-refractivity contribution in [3.8, 4) is 5.75 Å². The summed E-state index contributed by atoms with van der Waals surface area (Å²) >= 11 is 6.03. The van der Waals surface area contributed by atoms with Gasteiger partial charge in [-0.1, -0.05) is 60.8 Å². The molecule has 1 aliphatic rings. The van der Waals surface area contributed by atoms with Crippen LogP contribution in [0.4, 0.5) is 0 Å². The van der Waals surface area contributed by atoms with Gasteiger partial charge >= 0.3 is 0 Å². The molecule has 1 saturated heterocycles. The number of rotatable bonds is 11. The van der Waals surface area contributed by atoms with Crippen LogP contribution in [0.5, 0.6) is 5.75 Å². The molecule has 0 spiro atoms. The average molecular weight is 459 g/mol. The van der Waals surface area contributed by atoms with Crippen molar-refractivity contribution in [2.75, 3.05) is 33.4 Å². The summed E-state index contributed by atoms with van der Waals surface area (Å²) in [6.45, 7) is 5.71. The van der Waals surface area contributed by atoms with Crippen molar-refractivity contribution in [2.24, 2.45) is 11.1 Å². The quantitative estimate of drug-likeness (QED) is 0.362. The van der Waals surface area contributed by atoms with Crippen molar-refractivity contribution in [1.82, 2.24) is 4.90 Å². The zero-order valence-electron chi connectivity index (χ0n) is 19.2. The van der Waals surface area contributed by atoms with Crippen molar-refractivity contribution >= 4 is 17.3 Å². The number of hydrogen-bond donors (Lipinski definition) is 1. The second kappa shape index (κ2) is 12.8. The average Bonchev–Trinajstić information content (AvgIpc) is 2.82. The number of unbranched alkanes of at least 4 members (excludes halogenated alkanes) is 1.